The molecule has 0 aliphatic carbocycles. The maximum atomic E-state index is 4.32. The van der Waals surface area contributed by atoms with Crippen molar-refractivity contribution in [2.24, 2.45) is 0 Å². The monoisotopic (exact) mass is 265 g/mol. The Balaban J connectivity index is 1.82. The van der Waals surface area contributed by atoms with E-state index in [9.17, 15) is 0 Å². The van der Waals surface area contributed by atoms with Gasteiger partial charge >= 0.3 is 0 Å². The summed E-state index contributed by atoms with van der Waals surface area (Å²) in [5, 5.41) is 1.16. The summed E-state index contributed by atoms with van der Waals surface area (Å²) in [5.74, 6) is 1.22. The van der Waals surface area contributed by atoms with E-state index < -0.39 is 0 Å². The summed E-state index contributed by atoms with van der Waals surface area (Å²) >= 11 is 1.88. The quantitative estimate of drug-likeness (QED) is 0.376. The van der Waals surface area contributed by atoms with Crippen molar-refractivity contribution >= 4 is 11.8 Å². The number of rotatable bonds is 11. The van der Waals surface area contributed by atoms with Gasteiger partial charge in [0.25, 0.3) is 0 Å². The first-order valence-corrected chi connectivity index (χ1v) is 8.46. The van der Waals surface area contributed by atoms with Gasteiger partial charge in [-0.3, -0.25) is 0 Å². The highest BCUT2D eigenvalue weighted by atomic mass is 32.2. The van der Waals surface area contributed by atoms with Crippen LogP contribution >= 0.6 is 11.8 Å². The van der Waals surface area contributed by atoms with Crippen molar-refractivity contribution in [2.75, 3.05) is 5.75 Å². The molecule has 0 aliphatic rings. The second-order valence-electron chi connectivity index (χ2n) is 4.84. The van der Waals surface area contributed by atoms with Crippen LogP contribution in [0.1, 0.15) is 64.7 Å². The summed E-state index contributed by atoms with van der Waals surface area (Å²) in [6, 6.07) is 6.13. The fourth-order valence-corrected chi connectivity index (χ4v) is 2.89. The highest BCUT2D eigenvalue weighted by Crippen LogP contribution is 2.17. The van der Waals surface area contributed by atoms with Gasteiger partial charge < -0.3 is 0 Å². The number of hydrogen-bond donors (Lipinski definition) is 0. The molecule has 1 aromatic rings. The molecule has 0 saturated carbocycles. The van der Waals surface area contributed by atoms with E-state index >= 15 is 0 Å². The van der Waals surface area contributed by atoms with Crippen LogP contribution in [0, 0.1) is 0 Å². The fourth-order valence-electron chi connectivity index (χ4n) is 2.02. The summed E-state index contributed by atoms with van der Waals surface area (Å²) in [6.07, 6.45) is 14.5. The molecule has 1 nitrogen and oxygen atoms in total. The van der Waals surface area contributed by atoms with Crippen LogP contribution in [0.3, 0.4) is 0 Å². The Morgan fingerprint density at radius 3 is 2.17 bits per heavy atom. The second kappa shape index (κ2) is 11.6. The van der Waals surface area contributed by atoms with E-state index in [0.29, 0.717) is 0 Å². The van der Waals surface area contributed by atoms with Crippen LogP contribution in [0.25, 0.3) is 0 Å². The lowest BCUT2D eigenvalue weighted by molar-refractivity contribution is 0.573. The first-order valence-electron chi connectivity index (χ1n) is 7.47. The normalized spacial score (nSPS) is 10.7. The topological polar surface area (TPSA) is 12.9 Å². The van der Waals surface area contributed by atoms with Gasteiger partial charge in [0.15, 0.2) is 0 Å². The van der Waals surface area contributed by atoms with E-state index in [0.717, 1.165) is 5.03 Å². The molecule has 18 heavy (non-hydrogen) atoms. The number of thioether (sulfide) groups is 1. The average molecular weight is 265 g/mol. The molecule has 0 bridgehead atoms. The van der Waals surface area contributed by atoms with Crippen LogP contribution in [0.2, 0.25) is 0 Å². The van der Waals surface area contributed by atoms with Crippen LogP contribution < -0.4 is 0 Å². The third-order valence-corrected chi connectivity index (χ3v) is 4.17. The molecule has 0 amide bonds. The standard InChI is InChI=1S/C16H27NS/c1-2-3-4-5-6-7-8-9-12-15-18-16-13-10-11-14-17-16/h10-11,13-14H,2-9,12,15H2,1H3. The summed E-state index contributed by atoms with van der Waals surface area (Å²) in [5.41, 5.74) is 0. The van der Waals surface area contributed by atoms with Crippen molar-refractivity contribution in [3.8, 4) is 0 Å². The summed E-state index contributed by atoms with van der Waals surface area (Å²) in [7, 11) is 0. The Morgan fingerprint density at radius 1 is 0.889 bits per heavy atom. The van der Waals surface area contributed by atoms with Crippen molar-refractivity contribution in [2.45, 2.75) is 69.7 Å². The highest BCUT2D eigenvalue weighted by Gasteiger charge is 1.95. The highest BCUT2D eigenvalue weighted by molar-refractivity contribution is 7.99. The molecular weight excluding hydrogens is 238 g/mol. The minimum absolute atomic E-state index is 1.16. The third-order valence-electron chi connectivity index (χ3n) is 3.14. The molecule has 0 atom stereocenters. The largest absolute Gasteiger partial charge is 0.250 e. The number of nitrogens with zero attached hydrogens (tertiary/aromatic N) is 1. The molecule has 0 aliphatic heterocycles. The second-order valence-corrected chi connectivity index (χ2v) is 5.96. The average Bonchev–Trinajstić information content (AvgIpc) is 2.42. The van der Waals surface area contributed by atoms with Gasteiger partial charge in [-0.1, -0.05) is 64.4 Å². The van der Waals surface area contributed by atoms with Crippen LogP contribution in [-0.2, 0) is 0 Å². The van der Waals surface area contributed by atoms with Crippen molar-refractivity contribution in [1.82, 2.24) is 4.98 Å². The minimum Gasteiger partial charge on any atom is -0.250 e. The molecule has 0 N–H and O–H groups in total. The molecule has 0 aromatic carbocycles. The van der Waals surface area contributed by atoms with Crippen molar-refractivity contribution in [3.63, 3.8) is 0 Å². The van der Waals surface area contributed by atoms with Gasteiger partial charge in [0.05, 0.1) is 5.03 Å². The Morgan fingerprint density at radius 2 is 1.56 bits per heavy atom. The fraction of sp³-hybridized carbons (Fsp3) is 0.688. The first-order chi connectivity index (χ1) is 8.93. The summed E-state index contributed by atoms with van der Waals surface area (Å²) in [6.45, 7) is 2.28. The Kier molecular flexibility index (Phi) is 10.0. The molecule has 0 fully saturated rings. The van der Waals surface area contributed by atoms with E-state index in [1.807, 2.05) is 24.0 Å². The summed E-state index contributed by atoms with van der Waals surface area (Å²) in [4.78, 5) is 4.32. The third kappa shape index (κ3) is 8.57. The molecule has 0 radical (unpaired) electrons. The number of pyridine rings is 1. The lowest BCUT2D eigenvalue weighted by Gasteiger charge is -2.02. The van der Waals surface area contributed by atoms with Crippen molar-refractivity contribution < 1.29 is 0 Å². The van der Waals surface area contributed by atoms with Gasteiger partial charge in [-0.2, -0.15) is 0 Å². The van der Waals surface area contributed by atoms with Crippen molar-refractivity contribution in [1.29, 1.82) is 0 Å². The zero-order chi connectivity index (χ0) is 12.9. The van der Waals surface area contributed by atoms with E-state index in [1.165, 1.54) is 63.5 Å². The molecule has 0 spiro atoms. The lowest BCUT2D eigenvalue weighted by Crippen LogP contribution is -1.84. The van der Waals surface area contributed by atoms with E-state index in [2.05, 4.69) is 24.0 Å². The van der Waals surface area contributed by atoms with Crippen LogP contribution in [0.15, 0.2) is 29.4 Å². The predicted molar refractivity (Wildman–Crippen MR) is 82.2 cm³/mol. The number of unbranched alkanes of at least 4 members (excludes halogenated alkanes) is 8. The van der Waals surface area contributed by atoms with Gasteiger partial charge in [-0.25, -0.2) is 4.98 Å². The van der Waals surface area contributed by atoms with E-state index in [1.54, 1.807) is 0 Å². The van der Waals surface area contributed by atoms with Crippen LogP contribution in [-0.4, -0.2) is 10.7 Å². The number of aromatic nitrogens is 1. The lowest BCUT2D eigenvalue weighted by atomic mass is 10.1. The molecule has 2 heteroatoms. The van der Waals surface area contributed by atoms with Gasteiger partial charge in [0, 0.05) is 6.20 Å². The van der Waals surface area contributed by atoms with Gasteiger partial charge in [-0.15, -0.1) is 11.8 Å². The molecule has 1 heterocycles. The van der Waals surface area contributed by atoms with Gasteiger partial charge in [0.1, 0.15) is 0 Å². The Bertz CT molecular complexity index is 274. The molecule has 0 saturated heterocycles. The van der Waals surface area contributed by atoms with E-state index in [4.69, 9.17) is 0 Å². The SMILES string of the molecule is CCCCCCCCCCCSc1ccccn1. The van der Waals surface area contributed by atoms with E-state index in [-0.39, 0.29) is 0 Å². The molecule has 1 rings (SSSR count). The predicted octanol–water partition coefficient (Wildman–Crippen LogP) is 5.70. The molecule has 1 aromatic heterocycles. The van der Waals surface area contributed by atoms with Crippen LogP contribution in [0.5, 0.6) is 0 Å². The van der Waals surface area contributed by atoms with Crippen LogP contribution in [0.4, 0.5) is 0 Å². The molecule has 102 valence electrons. The molecular formula is C16H27NS. The summed E-state index contributed by atoms with van der Waals surface area (Å²) < 4.78 is 0. The smallest absolute Gasteiger partial charge is 0.0959 e. The minimum atomic E-state index is 1.16. The van der Waals surface area contributed by atoms with Crippen molar-refractivity contribution in [3.05, 3.63) is 24.4 Å². The number of hydrogen-bond acceptors (Lipinski definition) is 2. The van der Waals surface area contributed by atoms with Gasteiger partial charge in [0.2, 0.25) is 0 Å². The Hall–Kier alpha value is -0.500. The van der Waals surface area contributed by atoms with Gasteiger partial charge in [-0.05, 0) is 24.3 Å². The maximum absolute atomic E-state index is 4.32. The molecule has 0 unspecified atom stereocenters. The Labute approximate surface area is 117 Å². The zero-order valence-electron chi connectivity index (χ0n) is 11.7. The maximum Gasteiger partial charge on any atom is 0.0959 e. The zero-order valence-corrected chi connectivity index (χ0v) is 12.6. The first kappa shape index (κ1) is 15.6.